The van der Waals surface area contributed by atoms with E-state index in [1.807, 2.05) is 0 Å². The first-order valence-electron chi connectivity index (χ1n) is 2.29. The van der Waals surface area contributed by atoms with Crippen LogP contribution < -0.4 is 0 Å². The van der Waals surface area contributed by atoms with E-state index < -0.39 is 12.0 Å². The maximum atomic E-state index is 11.8. The van der Waals surface area contributed by atoms with E-state index in [-0.39, 0.29) is 6.42 Å². The lowest BCUT2D eigenvalue weighted by atomic mass is 10.2. The predicted octanol–water partition coefficient (Wildman–Crippen LogP) is 0.502. The van der Waals surface area contributed by atoms with Gasteiger partial charge in [0.25, 0.3) is 0 Å². The number of hydrogen-bond acceptors (Lipinski definition) is 2. The first-order chi connectivity index (χ1) is 3.68. The molecule has 0 saturated carbocycles. The first kappa shape index (κ1) is 7.27. The molecule has 0 aromatic rings. The number of alkyl halides is 1. The molecule has 0 spiro atoms. The van der Waals surface area contributed by atoms with Gasteiger partial charge in [-0.15, -0.1) is 0 Å². The van der Waals surface area contributed by atoms with Gasteiger partial charge in [0.15, 0.2) is 12.0 Å². The van der Waals surface area contributed by atoms with E-state index in [4.69, 9.17) is 0 Å². The van der Waals surface area contributed by atoms with Crippen LogP contribution in [-0.4, -0.2) is 18.2 Å². The van der Waals surface area contributed by atoms with E-state index in [2.05, 4.69) is 0 Å². The molecule has 0 aliphatic carbocycles. The predicted molar refractivity (Wildman–Crippen MR) is 26.3 cm³/mol. The van der Waals surface area contributed by atoms with Gasteiger partial charge in [-0.1, -0.05) is 0 Å². The fourth-order valence-corrected chi connectivity index (χ4v) is 0.245. The lowest BCUT2D eigenvalue weighted by Crippen LogP contribution is -2.10. The molecule has 0 amide bonds. The maximum absolute atomic E-state index is 11.8. The molecule has 8 heavy (non-hydrogen) atoms. The molecule has 1 atom stereocenters. The Morgan fingerprint density at radius 1 is 1.88 bits per heavy atom. The van der Waals surface area contributed by atoms with E-state index in [9.17, 15) is 14.0 Å². The van der Waals surface area contributed by atoms with Crippen molar-refractivity contribution in [1.82, 2.24) is 0 Å². The maximum Gasteiger partial charge on any atom is 0.173 e. The number of halogens is 1. The quantitative estimate of drug-likeness (QED) is 0.399. The van der Waals surface area contributed by atoms with Gasteiger partial charge in [-0.05, 0) is 6.92 Å². The SMILES string of the molecule is CC(F)C(=O)CC=O. The Morgan fingerprint density at radius 3 is 2.50 bits per heavy atom. The minimum atomic E-state index is -1.50. The number of hydrogen-bond donors (Lipinski definition) is 0. The van der Waals surface area contributed by atoms with Crippen molar-refractivity contribution in [2.45, 2.75) is 19.5 Å². The lowest BCUT2D eigenvalue weighted by Gasteiger charge is -1.91. The summed E-state index contributed by atoms with van der Waals surface area (Å²) in [7, 11) is 0. The molecule has 0 N–H and O–H groups in total. The van der Waals surface area contributed by atoms with Crippen molar-refractivity contribution < 1.29 is 14.0 Å². The van der Waals surface area contributed by atoms with Gasteiger partial charge >= 0.3 is 0 Å². The molecule has 0 fully saturated rings. The third-order valence-electron chi connectivity index (χ3n) is 0.728. The van der Waals surface area contributed by atoms with Gasteiger partial charge in [0, 0.05) is 0 Å². The zero-order valence-electron chi connectivity index (χ0n) is 4.56. The molecule has 0 radical (unpaired) electrons. The number of ketones is 1. The smallest absolute Gasteiger partial charge is 0.173 e. The molecule has 46 valence electrons. The summed E-state index contributed by atoms with van der Waals surface area (Å²) in [6.45, 7) is 1.12. The van der Waals surface area contributed by atoms with Crippen LogP contribution in [0.4, 0.5) is 4.39 Å². The second-order valence-corrected chi connectivity index (χ2v) is 1.45. The minimum Gasteiger partial charge on any atom is -0.303 e. The molecule has 0 aromatic carbocycles. The zero-order valence-corrected chi connectivity index (χ0v) is 4.56. The van der Waals surface area contributed by atoms with Crippen LogP contribution in [0.25, 0.3) is 0 Å². The van der Waals surface area contributed by atoms with Crippen LogP contribution in [-0.2, 0) is 9.59 Å². The van der Waals surface area contributed by atoms with Crippen molar-refractivity contribution in [1.29, 1.82) is 0 Å². The number of carbonyl (C=O) groups excluding carboxylic acids is 2. The highest BCUT2D eigenvalue weighted by atomic mass is 19.1. The molecule has 3 heteroatoms. The highest BCUT2D eigenvalue weighted by molar-refractivity contribution is 5.92. The standard InChI is InChI=1S/C5H7FO2/c1-4(6)5(8)2-3-7/h3-4H,2H2,1H3. The van der Waals surface area contributed by atoms with Gasteiger partial charge in [-0.2, -0.15) is 0 Å². The zero-order chi connectivity index (χ0) is 6.57. The van der Waals surface area contributed by atoms with Gasteiger partial charge in [-0.3, -0.25) is 4.79 Å². The van der Waals surface area contributed by atoms with Crippen LogP contribution in [0.3, 0.4) is 0 Å². The number of rotatable bonds is 3. The Balaban J connectivity index is 3.48. The van der Waals surface area contributed by atoms with Crippen molar-refractivity contribution in [3.05, 3.63) is 0 Å². The second kappa shape index (κ2) is 3.29. The highest BCUT2D eigenvalue weighted by Crippen LogP contribution is 1.91. The summed E-state index contributed by atoms with van der Waals surface area (Å²) in [5, 5.41) is 0. The Labute approximate surface area is 46.7 Å². The van der Waals surface area contributed by atoms with E-state index in [0.717, 1.165) is 6.92 Å². The van der Waals surface area contributed by atoms with Crippen molar-refractivity contribution in [3.63, 3.8) is 0 Å². The monoisotopic (exact) mass is 118 g/mol. The Bertz CT molecular complexity index is 98.6. The molecular weight excluding hydrogens is 111 g/mol. The third kappa shape index (κ3) is 2.44. The largest absolute Gasteiger partial charge is 0.303 e. The van der Waals surface area contributed by atoms with E-state index in [1.54, 1.807) is 0 Å². The van der Waals surface area contributed by atoms with Gasteiger partial charge in [0.2, 0.25) is 0 Å². The molecule has 0 aromatic heterocycles. The van der Waals surface area contributed by atoms with Crippen LogP contribution >= 0.6 is 0 Å². The minimum absolute atomic E-state index is 0.308. The van der Waals surface area contributed by atoms with Crippen LogP contribution in [0, 0.1) is 0 Å². The van der Waals surface area contributed by atoms with Crippen molar-refractivity contribution in [3.8, 4) is 0 Å². The van der Waals surface area contributed by atoms with E-state index in [1.165, 1.54) is 0 Å². The fourth-order valence-electron chi connectivity index (χ4n) is 0.245. The van der Waals surface area contributed by atoms with Gasteiger partial charge in [0.05, 0.1) is 6.42 Å². The lowest BCUT2D eigenvalue weighted by molar-refractivity contribution is -0.125. The van der Waals surface area contributed by atoms with Crippen LogP contribution in [0.1, 0.15) is 13.3 Å². The Kier molecular flexibility index (Phi) is 2.99. The summed E-state index contributed by atoms with van der Waals surface area (Å²) in [5.74, 6) is -0.653. The van der Waals surface area contributed by atoms with Gasteiger partial charge in [-0.25, -0.2) is 4.39 Å². The van der Waals surface area contributed by atoms with Crippen molar-refractivity contribution >= 4 is 12.1 Å². The first-order valence-corrected chi connectivity index (χ1v) is 2.29. The molecule has 1 unspecified atom stereocenters. The third-order valence-corrected chi connectivity index (χ3v) is 0.728. The summed E-state index contributed by atoms with van der Waals surface area (Å²) >= 11 is 0. The van der Waals surface area contributed by atoms with Gasteiger partial charge in [0.1, 0.15) is 6.29 Å². The van der Waals surface area contributed by atoms with Crippen LogP contribution in [0.5, 0.6) is 0 Å². The Morgan fingerprint density at radius 2 is 2.38 bits per heavy atom. The fraction of sp³-hybridized carbons (Fsp3) is 0.600. The summed E-state index contributed by atoms with van der Waals surface area (Å²) in [5.41, 5.74) is 0. The Hall–Kier alpha value is -0.730. The topological polar surface area (TPSA) is 34.1 Å². The van der Waals surface area contributed by atoms with Crippen molar-refractivity contribution in [2.75, 3.05) is 0 Å². The highest BCUT2D eigenvalue weighted by Gasteiger charge is 2.08. The summed E-state index contributed by atoms with van der Waals surface area (Å²) < 4.78 is 11.8. The molecule has 0 saturated heterocycles. The van der Waals surface area contributed by atoms with E-state index in [0.29, 0.717) is 6.29 Å². The normalized spacial score (nSPS) is 12.8. The number of aldehydes is 1. The average Bonchev–Trinajstić information content (AvgIpc) is 1.67. The summed E-state index contributed by atoms with van der Waals surface area (Å²) in [6, 6.07) is 0. The van der Waals surface area contributed by atoms with Crippen LogP contribution in [0.2, 0.25) is 0 Å². The molecule has 2 nitrogen and oxygen atoms in total. The molecule has 0 heterocycles. The molecule has 0 aliphatic rings. The number of Topliss-reactive ketones (excluding diaryl/α,β-unsaturated/α-hetero) is 1. The van der Waals surface area contributed by atoms with E-state index >= 15 is 0 Å². The van der Waals surface area contributed by atoms with Crippen LogP contribution in [0.15, 0.2) is 0 Å². The summed E-state index contributed by atoms with van der Waals surface area (Å²) in [4.78, 5) is 19.7. The van der Waals surface area contributed by atoms with Crippen molar-refractivity contribution in [2.24, 2.45) is 0 Å². The molecule has 0 rings (SSSR count). The molecule has 0 aliphatic heterocycles. The number of carbonyl (C=O) groups is 2. The molecule has 0 bridgehead atoms. The average molecular weight is 118 g/mol. The molecular formula is C5H7FO2. The second-order valence-electron chi connectivity index (χ2n) is 1.45. The summed E-state index contributed by atoms with van der Waals surface area (Å²) in [6.07, 6.45) is -1.41. The van der Waals surface area contributed by atoms with Gasteiger partial charge < -0.3 is 4.79 Å².